The zero-order valence-electron chi connectivity index (χ0n) is 17.9. The molecule has 2 unspecified atom stereocenters. The molecule has 5 nitrogen and oxygen atoms in total. The fourth-order valence-electron chi connectivity index (χ4n) is 3.19. The second-order valence-electron chi connectivity index (χ2n) is 7.23. The van der Waals surface area contributed by atoms with Gasteiger partial charge in [0.1, 0.15) is 24.2 Å². The zero-order chi connectivity index (χ0) is 22.1. The summed E-state index contributed by atoms with van der Waals surface area (Å²) in [5.74, 6) is 0.586. The maximum Gasteiger partial charge on any atom is 0.333 e. The summed E-state index contributed by atoms with van der Waals surface area (Å²) in [4.78, 5) is 11.2. The Balaban J connectivity index is 1.53. The van der Waals surface area contributed by atoms with Crippen molar-refractivity contribution in [1.29, 1.82) is 0 Å². The lowest BCUT2D eigenvalue weighted by Gasteiger charge is -2.17. The lowest BCUT2D eigenvalue weighted by atomic mass is 10.1. The highest BCUT2D eigenvalue weighted by Crippen LogP contribution is 2.24. The van der Waals surface area contributed by atoms with E-state index in [1.54, 1.807) is 6.92 Å². The molecule has 0 amide bonds. The Kier molecular flexibility index (Phi) is 8.07. The van der Waals surface area contributed by atoms with Gasteiger partial charge in [-0.05, 0) is 54.8 Å². The van der Waals surface area contributed by atoms with Crippen molar-refractivity contribution in [3.05, 3.63) is 95.6 Å². The smallest absolute Gasteiger partial charge is 0.333 e. The number of aliphatic carboxylic acids is 1. The lowest BCUT2D eigenvalue weighted by molar-refractivity contribution is -0.149. The fourth-order valence-corrected chi connectivity index (χ4v) is 3.19. The van der Waals surface area contributed by atoms with E-state index in [9.17, 15) is 9.90 Å². The minimum atomic E-state index is -0.952. The van der Waals surface area contributed by atoms with Crippen LogP contribution in [0.3, 0.4) is 0 Å². The van der Waals surface area contributed by atoms with Gasteiger partial charge in [-0.25, -0.2) is 4.79 Å². The monoisotopic (exact) mass is 420 g/mol. The molecule has 1 N–H and O–H groups in total. The van der Waals surface area contributed by atoms with Gasteiger partial charge in [-0.3, -0.25) is 0 Å². The van der Waals surface area contributed by atoms with Crippen LogP contribution >= 0.6 is 0 Å². The van der Waals surface area contributed by atoms with Crippen LogP contribution in [-0.2, 0) is 22.6 Å². The van der Waals surface area contributed by atoms with E-state index in [0.29, 0.717) is 19.6 Å². The Morgan fingerprint density at radius 3 is 2.13 bits per heavy atom. The third-order valence-electron chi connectivity index (χ3n) is 4.90. The molecule has 0 aliphatic rings. The number of ether oxygens (including phenoxy) is 3. The highest BCUT2D eigenvalue weighted by Gasteiger charge is 2.18. The molecule has 0 radical (unpaired) electrons. The highest BCUT2D eigenvalue weighted by molar-refractivity contribution is 5.72. The molecule has 2 atom stereocenters. The third kappa shape index (κ3) is 6.86. The summed E-state index contributed by atoms with van der Waals surface area (Å²) in [7, 11) is 0. The molecule has 5 heteroatoms. The molecule has 31 heavy (non-hydrogen) atoms. The summed E-state index contributed by atoms with van der Waals surface area (Å²) in [6, 6.07) is 25.4. The molecular formula is C26H28O5. The first kappa shape index (κ1) is 22.4. The summed E-state index contributed by atoms with van der Waals surface area (Å²) in [6.07, 6.45) is -0.647. The molecule has 0 spiro atoms. The molecule has 0 saturated carbocycles. The van der Waals surface area contributed by atoms with Gasteiger partial charge < -0.3 is 19.3 Å². The predicted octanol–water partition coefficient (Wildman–Crippen LogP) is 5.44. The SMILES string of the molecule is CCOC(Cc1ccc(OC(C)c2ccc(OCc3ccccc3)cc2)cc1)C(=O)O. The van der Waals surface area contributed by atoms with Crippen LogP contribution in [0.15, 0.2) is 78.9 Å². The first-order chi connectivity index (χ1) is 15.0. The van der Waals surface area contributed by atoms with Crippen LogP contribution in [0.1, 0.15) is 36.6 Å². The number of rotatable bonds is 11. The van der Waals surface area contributed by atoms with E-state index in [1.807, 2.05) is 85.8 Å². The molecule has 3 aromatic carbocycles. The van der Waals surface area contributed by atoms with Crippen molar-refractivity contribution < 1.29 is 24.1 Å². The number of carboxylic acids is 1. The van der Waals surface area contributed by atoms with E-state index in [-0.39, 0.29) is 6.10 Å². The molecular weight excluding hydrogens is 392 g/mol. The Hall–Kier alpha value is -3.31. The molecule has 0 aromatic heterocycles. The first-order valence-electron chi connectivity index (χ1n) is 10.4. The Bertz CT molecular complexity index is 936. The van der Waals surface area contributed by atoms with Gasteiger partial charge in [-0.15, -0.1) is 0 Å². The van der Waals surface area contributed by atoms with Crippen molar-refractivity contribution in [1.82, 2.24) is 0 Å². The predicted molar refractivity (Wildman–Crippen MR) is 119 cm³/mol. The number of hydrogen-bond acceptors (Lipinski definition) is 4. The van der Waals surface area contributed by atoms with Gasteiger partial charge in [0.25, 0.3) is 0 Å². The Morgan fingerprint density at radius 2 is 1.52 bits per heavy atom. The standard InChI is InChI=1S/C26H28O5/c1-3-29-25(26(27)28)17-20-9-13-24(14-10-20)31-19(2)22-11-15-23(16-12-22)30-18-21-7-5-4-6-8-21/h4-16,19,25H,3,17-18H2,1-2H3,(H,27,28). The van der Waals surface area contributed by atoms with Crippen LogP contribution in [0.5, 0.6) is 11.5 Å². The molecule has 0 aliphatic heterocycles. The average molecular weight is 421 g/mol. The largest absolute Gasteiger partial charge is 0.489 e. The normalized spacial score (nSPS) is 12.7. The number of hydrogen-bond donors (Lipinski definition) is 1. The van der Waals surface area contributed by atoms with Crippen LogP contribution in [0.2, 0.25) is 0 Å². The zero-order valence-corrected chi connectivity index (χ0v) is 17.9. The second-order valence-corrected chi connectivity index (χ2v) is 7.23. The van der Waals surface area contributed by atoms with Gasteiger partial charge in [0.2, 0.25) is 0 Å². The first-order valence-corrected chi connectivity index (χ1v) is 10.4. The van der Waals surface area contributed by atoms with Crippen LogP contribution < -0.4 is 9.47 Å². The summed E-state index contributed by atoms with van der Waals surface area (Å²) >= 11 is 0. The number of carbonyl (C=O) groups is 1. The second kappa shape index (κ2) is 11.2. The van der Waals surface area contributed by atoms with Crippen molar-refractivity contribution in [2.24, 2.45) is 0 Å². The third-order valence-corrected chi connectivity index (χ3v) is 4.90. The molecule has 0 saturated heterocycles. The van der Waals surface area contributed by atoms with E-state index >= 15 is 0 Å². The molecule has 3 aromatic rings. The van der Waals surface area contributed by atoms with Crippen molar-refractivity contribution in [2.45, 2.75) is 39.1 Å². The maximum absolute atomic E-state index is 11.2. The van der Waals surface area contributed by atoms with Gasteiger partial charge in [-0.1, -0.05) is 54.6 Å². The van der Waals surface area contributed by atoms with Crippen molar-refractivity contribution in [3.8, 4) is 11.5 Å². The van der Waals surface area contributed by atoms with E-state index in [1.165, 1.54) is 0 Å². The van der Waals surface area contributed by atoms with Crippen molar-refractivity contribution in [3.63, 3.8) is 0 Å². The van der Waals surface area contributed by atoms with Crippen molar-refractivity contribution in [2.75, 3.05) is 6.61 Å². The van der Waals surface area contributed by atoms with Crippen LogP contribution in [0, 0.1) is 0 Å². The van der Waals surface area contributed by atoms with Gasteiger partial charge in [0.15, 0.2) is 6.10 Å². The topological polar surface area (TPSA) is 65.0 Å². The van der Waals surface area contributed by atoms with Gasteiger partial charge in [0, 0.05) is 13.0 Å². The summed E-state index contributed by atoms with van der Waals surface area (Å²) in [5.41, 5.74) is 3.06. The Morgan fingerprint density at radius 1 is 0.871 bits per heavy atom. The van der Waals surface area contributed by atoms with E-state index in [0.717, 1.165) is 28.2 Å². The minimum Gasteiger partial charge on any atom is -0.489 e. The van der Waals surface area contributed by atoms with Crippen LogP contribution in [0.25, 0.3) is 0 Å². The van der Waals surface area contributed by atoms with Crippen LogP contribution in [-0.4, -0.2) is 23.8 Å². The summed E-state index contributed by atoms with van der Waals surface area (Å²) in [5, 5.41) is 9.22. The van der Waals surface area contributed by atoms with Gasteiger partial charge in [0.05, 0.1) is 0 Å². The van der Waals surface area contributed by atoms with Gasteiger partial charge >= 0.3 is 5.97 Å². The molecule has 0 bridgehead atoms. The summed E-state index contributed by atoms with van der Waals surface area (Å²) < 4.78 is 17.1. The average Bonchev–Trinajstić information content (AvgIpc) is 2.79. The Labute approximate surface area is 183 Å². The molecule has 0 aliphatic carbocycles. The minimum absolute atomic E-state index is 0.135. The highest BCUT2D eigenvalue weighted by atomic mass is 16.5. The number of benzene rings is 3. The van der Waals surface area contributed by atoms with Crippen LogP contribution in [0.4, 0.5) is 0 Å². The van der Waals surface area contributed by atoms with Crippen molar-refractivity contribution >= 4 is 5.97 Å². The summed E-state index contributed by atoms with van der Waals surface area (Å²) in [6.45, 7) is 4.68. The van der Waals surface area contributed by atoms with E-state index in [4.69, 9.17) is 14.2 Å². The molecule has 162 valence electrons. The fraction of sp³-hybridized carbons (Fsp3) is 0.269. The lowest BCUT2D eigenvalue weighted by Crippen LogP contribution is -2.26. The maximum atomic E-state index is 11.2. The molecule has 3 rings (SSSR count). The van der Waals surface area contributed by atoms with E-state index in [2.05, 4.69) is 0 Å². The van der Waals surface area contributed by atoms with Gasteiger partial charge in [-0.2, -0.15) is 0 Å². The molecule has 0 fully saturated rings. The quantitative estimate of drug-likeness (QED) is 0.448. The molecule has 0 heterocycles. The number of carboxylic acid groups (broad SMARTS) is 1. The van der Waals surface area contributed by atoms with E-state index < -0.39 is 12.1 Å².